The van der Waals surface area contributed by atoms with Crippen LogP contribution in [0.4, 0.5) is 0 Å². The summed E-state index contributed by atoms with van der Waals surface area (Å²) in [5, 5.41) is 0. The van der Waals surface area contributed by atoms with Crippen molar-refractivity contribution < 1.29 is 0 Å². The van der Waals surface area contributed by atoms with E-state index in [0.717, 1.165) is 11.8 Å². The fourth-order valence-electron chi connectivity index (χ4n) is 3.96. The van der Waals surface area contributed by atoms with E-state index in [9.17, 15) is 0 Å². The zero-order valence-corrected chi connectivity index (χ0v) is 15.2. The molecule has 0 saturated carbocycles. The molecule has 0 aromatic carbocycles. The van der Waals surface area contributed by atoms with Gasteiger partial charge in [0.2, 0.25) is 0 Å². The number of hydrogen-bond donors (Lipinski definition) is 0. The number of nitrogens with zero attached hydrogens (tertiary/aromatic N) is 1. The Bertz CT molecular complexity index is 218. The van der Waals surface area contributed by atoms with Gasteiger partial charge in [-0.05, 0) is 44.8 Å². The van der Waals surface area contributed by atoms with Crippen molar-refractivity contribution in [2.75, 3.05) is 20.1 Å². The first kappa shape index (κ1) is 19.0. The van der Waals surface area contributed by atoms with Gasteiger partial charge in [-0.15, -0.1) is 0 Å². The molecule has 1 aliphatic heterocycles. The highest BCUT2D eigenvalue weighted by Gasteiger charge is 2.24. The van der Waals surface area contributed by atoms with Crippen molar-refractivity contribution >= 4 is 0 Å². The van der Waals surface area contributed by atoms with E-state index in [1.807, 2.05) is 0 Å². The third-order valence-electron chi connectivity index (χ3n) is 5.54. The summed E-state index contributed by atoms with van der Waals surface area (Å²) < 4.78 is 0. The van der Waals surface area contributed by atoms with Crippen LogP contribution in [0, 0.1) is 11.8 Å². The molecule has 0 aromatic rings. The predicted molar refractivity (Wildman–Crippen MR) is 95.8 cm³/mol. The van der Waals surface area contributed by atoms with Gasteiger partial charge in [-0.1, -0.05) is 84.5 Å². The minimum atomic E-state index is 1.04. The molecule has 1 unspecified atom stereocenters. The Hall–Kier alpha value is -0.0400. The Balaban J connectivity index is 2.27. The second-order valence-electron chi connectivity index (χ2n) is 7.45. The summed E-state index contributed by atoms with van der Waals surface area (Å²) in [6.07, 6.45) is 19.0. The lowest BCUT2D eigenvalue weighted by atomic mass is 9.78. The molecule has 1 saturated heterocycles. The van der Waals surface area contributed by atoms with Crippen LogP contribution < -0.4 is 0 Å². The standard InChI is InChI=1S/C20H41N/c1-4-6-8-10-12-14-19(13-11-9-7-5-2)20-15-17-21(3)18-16-20/h19-20H,4-18H2,1-3H3. The molecule has 0 radical (unpaired) electrons. The number of hydrogen-bond acceptors (Lipinski definition) is 1. The summed E-state index contributed by atoms with van der Waals surface area (Å²) in [6, 6.07) is 0. The monoisotopic (exact) mass is 295 g/mol. The Morgan fingerprint density at radius 3 is 1.76 bits per heavy atom. The zero-order chi connectivity index (χ0) is 15.3. The van der Waals surface area contributed by atoms with Gasteiger partial charge in [0.1, 0.15) is 0 Å². The second kappa shape index (κ2) is 12.5. The smallest absolute Gasteiger partial charge is 0.00190 e. The summed E-state index contributed by atoms with van der Waals surface area (Å²) in [7, 11) is 2.29. The minimum Gasteiger partial charge on any atom is -0.306 e. The van der Waals surface area contributed by atoms with Gasteiger partial charge in [-0.25, -0.2) is 0 Å². The lowest BCUT2D eigenvalue weighted by Gasteiger charge is -2.34. The van der Waals surface area contributed by atoms with Crippen LogP contribution in [0.2, 0.25) is 0 Å². The van der Waals surface area contributed by atoms with E-state index >= 15 is 0 Å². The summed E-state index contributed by atoms with van der Waals surface area (Å²) in [6.45, 7) is 7.31. The Labute approximate surface area is 134 Å². The molecule has 1 rings (SSSR count). The third kappa shape index (κ3) is 8.86. The molecule has 0 bridgehead atoms. The van der Waals surface area contributed by atoms with Crippen LogP contribution in [-0.2, 0) is 0 Å². The van der Waals surface area contributed by atoms with Gasteiger partial charge >= 0.3 is 0 Å². The first-order chi connectivity index (χ1) is 10.3. The molecule has 1 heteroatoms. The number of likely N-dealkylation sites (tertiary alicyclic amines) is 1. The Kier molecular flexibility index (Phi) is 11.3. The lowest BCUT2D eigenvalue weighted by molar-refractivity contribution is 0.155. The maximum atomic E-state index is 2.52. The highest BCUT2D eigenvalue weighted by Crippen LogP contribution is 2.32. The zero-order valence-electron chi connectivity index (χ0n) is 15.2. The lowest BCUT2D eigenvalue weighted by Crippen LogP contribution is -2.33. The van der Waals surface area contributed by atoms with Crippen molar-refractivity contribution in [2.45, 2.75) is 97.3 Å². The normalized spacial score (nSPS) is 19.0. The molecule has 0 spiro atoms. The van der Waals surface area contributed by atoms with Gasteiger partial charge in [-0.3, -0.25) is 0 Å². The maximum absolute atomic E-state index is 2.52. The molecule has 21 heavy (non-hydrogen) atoms. The van der Waals surface area contributed by atoms with E-state index < -0.39 is 0 Å². The molecular formula is C20H41N. The molecule has 1 aliphatic rings. The first-order valence-electron chi connectivity index (χ1n) is 9.96. The topological polar surface area (TPSA) is 3.24 Å². The van der Waals surface area contributed by atoms with Crippen LogP contribution in [0.25, 0.3) is 0 Å². The average molecular weight is 296 g/mol. The highest BCUT2D eigenvalue weighted by atomic mass is 15.1. The minimum absolute atomic E-state index is 1.04. The number of rotatable bonds is 12. The van der Waals surface area contributed by atoms with Crippen LogP contribution in [-0.4, -0.2) is 25.0 Å². The van der Waals surface area contributed by atoms with E-state index in [0.29, 0.717) is 0 Å². The van der Waals surface area contributed by atoms with Gasteiger partial charge in [0.15, 0.2) is 0 Å². The first-order valence-corrected chi connectivity index (χ1v) is 9.96. The van der Waals surface area contributed by atoms with E-state index in [4.69, 9.17) is 0 Å². The molecular weight excluding hydrogens is 254 g/mol. The number of piperidine rings is 1. The quantitative estimate of drug-likeness (QED) is 0.383. The van der Waals surface area contributed by atoms with Gasteiger partial charge in [0, 0.05) is 0 Å². The summed E-state index contributed by atoms with van der Waals surface area (Å²) in [4.78, 5) is 2.52. The van der Waals surface area contributed by atoms with Crippen LogP contribution >= 0.6 is 0 Å². The molecule has 1 fully saturated rings. The fraction of sp³-hybridized carbons (Fsp3) is 1.00. The van der Waals surface area contributed by atoms with Crippen LogP contribution in [0.15, 0.2) is 0 Å². The molecule has 0 N–H and O–H groups in total. The Morgan fingerprint density at radius 2 is 1.24 bits per heavy atom. The van der Waals surface area contributed by atoms with Crippen LogP contribution in [0.5, 0.6) is 0 Å². The highest BCUT2D eigenvalue weighted by molar-refractivity contribution is 4.77. The van der Waals surface area contributed by atoms with Crippen LogP contribution in [0.1, 0.15) is 97.3 Å². The van der Waals surface area contributed by atoms with E-state index in [1.165, 1.54) is 96.6 Å². The summed E-state index contributed by atoms with van der Waals surface area (Å²) in [5.74, 6) is 2.08. The van der Waals surface area contributed by atoms with Gasteiger partial charge < -0.3 is 4.90 Å². The maximum Gasteiger partial charge on any atom is -0.00190 e. The van der Waals surface area contributed by atoms with E-state index in [-0.39, 0.29) is 0 Å². The van der Waals surface area contributed by atoms with Gasteiger partial charge in [0.25, 0.3) is 0 Å². The van der Waals surface area contributed by atoms with E-state index in [2.05, 4.69) is 25.8 Å². The summed E-state index contributed by atoms with van der Waals surface area (Å²) in [5.41, 5.74) is 0. The molecule has 0 aromatic heterocycles. The number of unbranched alkanes of at least 4 members (excludes halogenated alkanes) is 7. The third-order valence-corrected chi connectivity index (χ3v) is 5.54. The molecule has 1 nitrogen and oxygen atoms in total. The Morgan fingerprint density at radius 1 is 0.762 bits per heavy atom. The molecule has 0 amide bonds. The van der Waals surface area contributed by atoms with Crippen molar-refractivity contribution in [2.24, 2.45) is 11.8 Å². The van der Waals surface area contributed by atoms with Gasteiger partial charge in [0.05, 0.1) is 0 Å². The predicted octanol–water partition coefficient (Wildman–Crippen LogP) is 6.28. The van der Waals surface area contributed by atoms with Crippen molar-refractivity contribution in [3.05, 3.63) is 0 Å². The van der Waals surface area contributed by atoms with Crippen molar-refractivity contribution in [1.82, 2.24) is 4.90 Å². The fourth-order valence-corrected chi connectivity index (χ4v) is 3.96. The summed E-state index contributed by atoms with van der Waals surface area (Å²) >= 11 is 0. The molecule has 126 valence electrons. The van der Waals surface area contributed by atoms with Crippen molar-refractivity contribution in [3.63, 3.8) is 0 Å². The van der Waals surface area contributed by atoms with Crippen molar-refractivity contribution in [1.29, 1.82) is 0 Å². The average Bonchev–Trinajstić information content (AvgIpc) is 2.50. The molecule has 1 heterocycles. The van der Waals surface area contributed by atoms with E-state index in [1.54, 1.807) is 0 Å². The largest absolute Gasteiger partial charge is 0.306 e. The SMILES string of the molecule is CCCCCCCC(CCCCCC)C1CCN(C)CC1. The van der Waals surface area contributed by atoms with Crippen molar-refractivity contribution in [3.8, 4) is 0 Å². The van der Waals surface area contributed by atoms with Gasteiger partial charge in [-0.2, -0.15) is 0 Å². The molecule has 1 atom stereocenters. The second-order valence-corrected chi connectivity index (χ2v) is 7.45. The van der Waals surface area contributed by atoms with Crippen LogP contribution in [0.3, 0.4) is 0 Å². The molecule has 0 aliphatic carbocycles.